The summed E-state index contributed by atoms with van der Waals surface area (Å²) in [5.41, 5.74) is 5.75. The number of hydrogen-bond acceptors (Lipinski definition) is 4. The van der Waals surface area contributed by atoms with Gasteiger partial charge >= 0.3 is 6.03 Å². The molecule has 7 nitrogen and oxygen atoms in total. The number of amides is 3. The van der Waals surface area contributed by atoms with Crippen LogP contribution in [0.1, 0.15) is 12.8 Å². The van der Waals surface area contributed by atoms with Crippen molar-refractivity contribution in [2.45, 2.75) is 18.9 Å². The summed E-state index contributed by atoms with van der Waals surface area (Å²) in [7, 11) is 0. The molecule has 0 aliphatic carbocycles. The molecule has 1 saturated heterocycles. The van der Waals surface area contributed by atoms with E-state index in [1.807, 2.05) is 0 Å². The SMILES string of the molecule is O=C(NNc1ccc(F)cc1)C1CCCN1C(=O)NCCO. The second kappa shape index (κ2) is 7.60. The molecule has 1 aromatic rings. The van der Waals surface area contributed by atoms with Crippen molar-refractivity contribution in [3.63, 3.8) is 0 Å². The van der Waals surface area contributed by atoms with E-state index in [1.54, 1.807) is 0 Å². The number of likely N-dealkylation sites (tertiary alicyclic amines) is 1. The number of hydrogen-bond donors (Lipinski definition) is 4. The van der Waals surface area contributed by atoms with E-state index in [0.29, 0.717) is 18.7 Å². The highest BCUT2D eigenvalue weighted by atomic mass is 19.1. The Balaban J connectivity index is 1.87. The first-order valence-corrected chi connectivity index (χ1v) is 7.08. The molecule has 1 aliphatic rings. The lowest BCUT2D eigenvalue weighted by atomic mass is 10.2. The Morgan fingerprint density at radius 1 is 1.32 bits per heavy atom. The topological polar surface area (TPSA) is 93.7 Å². The summed E-state index contributed by atoms with van der Waals surface area (Å²) < 4.78 is 12.8. The summed E-state index contributed by atoms with van der Waals surface area (Å²) in [6.45, 7) is 0.492. The molecule has 2 rings (SSSR count). The summed E-state index contributed by atoms with van der Waals surface area (Å²) in [4.78, 5) is 25.5. The van der Waals surface area contributed by atoms with E-state index in [9.17, 15) is 14.0 Å². The smallest absolute Gasteiger partial charge is 0.318 e. The molecule has 0 saturated carbocycles. The molecule has 1 aromatic carbocycles. The van der Waals surface area contributed by atoms with E-state index in [2.05, 4.69) is 16.2 Å². The molecule has 1 heterocycles. The first-order chi connectivity index (χ1) is 10.6. The fourth-order valence-electron chi connectivity index (χ4n) is 2.30. The number of carbonyl (C=O) groups is 2. The summed E-state index contributed by atoms with van der Waals surface area (Å²) in [6.07, 6.45) is 1.31. The van der Waals surface area contributed by atoms with Crippen molar-refractivity contribution in [2.24, 2.45) is 0 Å². The average molecular weight is 310 g/mol. The van der Waals surface area contributed by atoms with Crippen molar-refractivity contribution in [2.75, 3.05) is 25.1 Å². The number of nitrogens with zero attached hydrogens (tertiary/aromatic N) is 1. The predicted octanol–water partition coefficient (Wildman–Crippen LogP) is 0.435. The van der Waals surface area contributed by atoms with Crippen LogP contribution in [0.15, 0.2) is 24.3 Å². The standard InChI is InChI=1S/C14H19FN4O3/c15-10-3-5-11(6-4-10)17-18-13(21)12-2-1-8-19(12)14(22)16-7-9-20/h3-6,12,17,20H,1-2,7-9H2,(H,16,22)(H,18,21). The van der Waals surface area contributed by atoms with Crippen molar-refractivity contribution < 1.29 is 19.1 Å². The lowest BCUT2D eigenvalue weighted by Crippen LogP contribution is -2.50. The first-order valence-electron chi connectivity index (χ1n) is 7.08. The van der Waals surface area contributed by atoms with Gasteiger partial charge in [0.05, 0.1) is 12.3 Å². The molecule has 22 heavy (non-hydrogen) atoms. The van der Waals surface area contributed by atoms with Gasteiger partial charge in [0.15, 0.2) is 0 Å². The van der Waals surface area contributed by atoms with Crippen molar-refractivity contribution in [3.8, 4) is 0 Å². The number of halogens is 1. The number of urea groups is 1. The van der Waals surface area contributed by atoms with Crippen LogP contribution < -0.4 is 16.2 Å². The number of anilines is 1. The molecule has 1 atom stereocenters. The molecule has 120 valence electrons. The second-order valence-electron chi connectivity index (χ2n) is 4.93. The molecule has 1 unspecified atom stereocenters. The van der Waals surface area contributed by atoms with Crippen molar-refractivity contribution in [1.29, 1.82) is 0 Å². The van der Waals surface area contributed by atoms with Gasteiger partial charge in [-0.05, 0) is 37.1 Å². The maximum Gasteiger partial charge on any atom is 0.318 e. The molecule has 0 bridgehead atoms. The number of hydrazine groups is 1. The molecule has 0 spiro atoms. The molecule has 4 N–H and O–H groups in total. The molecule has 1 fully saturated rings. The molecular weight excluding hydrogens is 291 g/mol. The summed E-state index contributed by atoms with van der Waals surface area (Å²) in [5, 5.41) is 11.2. The van der Waals surface area contributed by atoms with Gasteiger partial charge in [-0.2, -0.15) is 0 Å². The van der Waals surface area contributed by atoms with Crippen LogP contribution in [0.4, 0.5) is 14.9 Å². The largest absolute Gasteiger partial charge is 0.395 e. The number of benzene rings is 1. The van der Waals surface area contributed by atoms with Crippen LogP contribution in [-0.4, -0.2) is 47.7 Å². The van der Waals surface area contributed by atoms with Gasteiger partial charge in [-0.15, -0.1) is 0 Å². The number of rotatable bonds is 5. The minimum Gasteiger partial charge on any atom is -0.395 e. The highest BCUT2D eigenvalue weighted by molar-refractivity contribution is 5.88. The van der Waals surface area contributed by atoms with Crippen LogP contribution in [-0.2, 0) is 4.79 Å². The number of nitrogens with one attached hydrogen (secondary N) is 3. The Morgan fingerprint density at radius 3 is 2.73 bits per heavy atom. The van der Waals surface area contributed by atoms with E-state index in [-0.39, 0.29) is 30.9 Å². The highest BCUT2D eigenvalue weighted by Gasteiger charge is 2.33. The van der Waals surface area contributed by atoms with E-state index in [1.165, 1.54) is 29.2 Å². The Labute approximate surface area is 127 Å². The van der Waals surface area contributed by atoms with Crippen molar-refractivity contribution in [1.82, 2.24) is 15.6 Å². The summed E-state index contributed by atoms with van der Waals surface area (Å²) in [5.74, 6) is -0.694. The van der Waals surface area contributed by atoms with Gasteiger partial charge in [0.1, 0.15) is 11.9 Å². The molecule has 1 aliphatic heterocycles. The summed E-state index contributed by atoms with van der Waals surface area (Å²) in [6, 6.07) is 4.61. The third kappa shape index (κ3) is 4.08. The van der Waals surface area contributed by atoms with E-state index >= 15 is 0 Å². The predicted molar refractivity (Wildman–Crippen MR) is 78.4 cm³/mol. The van der Waals surface area contributed by atoms with Gasteiger partial charge in [0, 0.05) is 13.1 Å². The maximum absolute atomic E-state index is 12.8. The van der Waals surface area contributed by atoms with Crippen LogP contribution in [0.25, 0.3) is 0 Å². The van der Waals surface area contributed by atoms with Gasteiger partial charge in [-0.25, -0.2) is 9.18 Å². The highest BCUT2D eigenvalue weighted by Crippen LogP contribution is 2.17. The number of aliphatic hydroxyl groups is 1. The average Bonchev–Trinajstić information content (AvgIpc) is 3.01. The van der Waals surface area contributed by atoms with E-state index in [0.717, 1.165) is 6.42 Å². The minimum absolute atomic E-state index is 0.150. The zero-order chi connectivity index (χ0) is 15.9. The van der Waals surface area contributed by atoms with Crippen molar-refractivity contribution in [3.05, 3.63) is 30.1 Å². The Kier molecular flexibility index (Phi) is 5.54. The lowest BCUT2D eigenvalue weighted by Gasteiger charge is -2.24. The first kappa shape index (κ1) is 16.0. The van der Waals surface area contributed by atoms with Gasteiger partial charge in [0.25, 0.3) is 5.91 Å². The molecule has 0 radical (unpaired) electrons. The Morgan fingerprint density at radius 2 is 2.05 bits per heavy atom. The fraction of sp³-hybridized carbons (Fsp3) is 0.429. The van der Waals surface area contributed by atoms with Crippen LogP contribution in [0.2, 0.25) is 0 Å². The van der Waals surface area contributed by atoms with Gasteiger partial charge < -0.3 is 15.3 Å². The number of carbonyl (C=O) groups excluding carboxylic acids is 2. The zero-order valence-electron chi connectivity index (χ0n) is 12.0. The third-order valence-electron chi connectivity index (χ3n) is 3.38. The van der Waals surface area contributed by atoms with Gasteiger partial charge in [-0.1, -0.05) is 0 Å². The monoisotopic (exact) mass is 310 g/mol. The lowest BCUT2D eigenvalue weighted by molar-refractivity contribution is -0.124. The fourth-order valence-corrected chi connectivity index (χ4v) is 2.30. The Hall–Kier alpha value is -2.35. The quantitative estimate of drug-likeness (QED) is 0.594. The number of aliphatic hydroxyl groups excluding tert-OH is 1. The minimum atomic E-state index is -0.563. The Bertz CT molecular complexity index is 523. The van der Waals surface area contributed by atoms with Crippen molar-refractivity contribution >= 4 is 17.6 Å². The molecule has 8 heteroatoms. The van der Waals surface area contributed by atoms with Gasteiger partial charge in [-0.3, -0.25) is 15.6 Å². The van der Waals surface area contributed by atoms with Crippen LogP contribution in [0.3, 0.4) is 0 Å². The second-order valence-corrected chi connectivity index (χ2v) is 4.93. The third-order valence-corrected chi connectivity index (χ3v) is 3.38. The van der Waals surface area contributed by atoms with Crippen LogP contribution >= 0.6 is 0 Å². The van der Waals surface area contributed by atoms with E-state index in [4.69, 9.17) is 5.11 Å². The molecule has 0 aromatic heterocycles. The summed E-state index contributed by atoms with van der Waals surface area (Å²) >= 11 is 0. The maximum atomic E-state index is 12.8. The van der Waals surface area contributed by atoms with Crippen LogP contribution in [0.5, 0.6) is 0 Å². The normalized spacial score (nSPS) is 17.2. The zero-order valence-corrected chi connectivity index (χ0v) is 12.0. The van der Waals surface area contributed by atoms with E-state index < -0.39 is 6.04 Å². The van der Waals surface area contributed by atoms with Gasteiger partial charge in [0.2, 0.25) is 0 Å². The van der Waals surface area contributed by atoms with Crippen LogP contribution in [0, 0.1) is 5.82 Å². The molecular formula is C14H19FN4O3. The molecule has 3 amide bonds.